The van der Waals surface area contributed by atoms with Gasteiger partial charge < -0.3 is 24.3 Å². The minimum Gasteiger partial charge on any atom is -0.493 e. The standard InChI is InChI=1S/C19H23NO4.ClH/c1-14-6-5-9-18(21-2)19(14)22-11-10-20-12-15-13-23-16-7-3-4-8-17(16)24-15;/h3-9,15,20H,10-13H2,1-2H3;1H/t15-;/m0./s1. The summed E-state index contributed by atoms with van der Waals surface area (Å²) in [7, 11) is 1.65. The van der Waals surface area contributed by atoms with Crippen LogP contribution in [0.5, 0.6) is 23.0 Å². The predicted octanol–water partition coefficient (Wildman–Crippen LogP) is 3.23. The number of hydrogen-bond acceptors (Lipinski definition) is 5. The topological polar surface area (TPSA) is 49.0 Å². The summed E-state index contributed by atoms with van der Waals surface area (Å²) >= 11 is 0. The van der Waals surface area contributed by atoms with Gasteiger partial charge in [0.2, 0.25) is 0 Å². The summed E-state index contributed by atoms with van der Waals surface area (Å²) < 4.78 is 22.8. The van der Waals surface area contributed by atoms with Gasteiger partial charge in [0.15, 0.2) is 23.0 Å². The van der Waals surface area contributed by atoms with Gasteiger partial charge in [0.05, 0.1) is 7.11 Å². The van der Waals surface area contributed by atoms with Crippen molar-refractivity contribution < 1.29 is 18.9 Å². The van der Waals surface area contributed by atoms with Crippen molar-refractivity contribution >= 4 is 12.4 Å². The molecule has 0 unspecified atom stereocenters. The van der Waals surface area contributed by atoms with Crippen molar-refractivity contribution in [2.75, 3.05) is 33.4 Å². The van der Waals surface area contributed by atoms with E-state index in [1.807, 2.05) is 49.4 Å². The highest BCUT2D eigenvalue weighted by atomic mass is 35.5. The maximum absolute atomic E-state index is 5.90. The summed E-state index contributed by atoms with van der Waals surface area (Å²) in [6.07, 6.45) is 0.00731. The molecule has 1 heterocycles. The van der Waals surface area contributed by atoms with E-state index in [0.717, 1.165) is 35.1 Å². The van der Waals surface area contributed by atoms with Gasteiger partial charge in [-0.25, -0.2) is 0 Å². The fourth-order valence-electron chi connectivity index (χ4n) is 2.62. The molecule has 1 aliphatic heterocycles. The highest BCUT2D eigenvalue weighted by Crippen LogP contribution is 2.31. The van der Waals surface area contributed by atoms with Crippen LogP contribution < -0.4 is 24.3 Å². The molecule has 0 saturated carbocycles. The van der Waals surface area contributed by atoms with E-state index in [-0.39, 0.29) is 18.5 Å². The minimum absolute atomic E-state index is 0. The highest BCUT2D eigenvalue weighted by Gasteiger charge is 2.19. The molecular weight excluding hydrogens is 342 g/mol. The number of halogens is 1. The maximum Gasteiger partial charge on any atom is 0.164 e. The first-order valence-corrected chi connectivity index (χ1v) is 8.13. The van der Waals surface area contributed by atoms with Gasteiger partial charge in [0, 0.05) is 13.1 Å². The summed E-state index contributed by atoms with van der Waals surface area (Å²) in [5.41, 5.74) is 1.06. The van der Waals surface area contributed by atoms with Gasteiger partial charge >= 0.3 is 0 Å². The average Bonchev–Trinajstić information content (AvgIpc) is 2.62. The summed E-state index contributed by atoms with van der Waals surface area (Å²) in [5, 5.41) is 3.34. The van der Waals surface area contributed by atoms with Gasteiger partial charge in [-0.05, 0) is 30.7 Å². The zero-order valence-electron chi connectivity index (χ0n) is 14.5. The van der Waals surface area contributed by atoms with Crippen LogP contribution in [0.2, 0.25) is 0 Å². The highest BCUT2D eigenvalue weighted by molar-refractivity contribution is 5.85. The van der Waals surface area contributed by atoms with Crippen LogP contribution >= 0.6 is 12.4 Å². The van der Waals surface area contributed by atoms with Gasteiger partial charge in [-0.3, -0.25) is 0 Å². The number of benzene rings is 2. The minimum atomic E-state index is 0. The zero-order chi connectivity index (χ0) is 16.8. The number of methoxy groups -OCH3 is 1. The molecule has 0 spiro atoms. The third-order valence-electron chi connectivity index (χ3n) is 3.86. The quantitative estimate of drug-likeness (QED) is 0.763. The first-order chi connectivity index (χ1) is 11.8. The molecule has 5 nitrogen and oxygen atoms in total. The van der Waals surface area contributed by atoms with Crippen molar-refractivity contribution in [3.8, 4) is 23.0 Å². The Morgan fingerprint density at radius 2 is 1.92 bits per heavy atom. The van der Waals surface area contributed by atoms with Crippen LogP contribution in [0.25, 0.3) is 0 Å². The number of nitrogens with one attached hydrogen (secondary N) is 1. The number of ether oxygens (including phenoxy) is 4. The summed E-state index contributed by atoms with van der Waals surface area (Å²) in [6.45, 7) is 4.55. The van der Waals surface area contributed by atoms with Crippen LogP contribution in [0.1, 0.15) is 5.56 Å². The second-order valence-corrected chi connectivity index (χ2v) is 5.66. The lowest BCUT2D eigenvalue weighted by molar-refractivity contribution is 0.0897. The summed E-state index contributed by atoms with van der Waals surface area (Å²) in [6, 6.07) is 13.6. The fraction of sp³-hybridized carbons (Fsp3) is 0.368. The van der Waals surface area contributed by atoms with Gasteiger partial charge in [-0.2, -0.15) is 0 Å². The van der Waals surface area contributed by atoms with Gasteiger partial charge in [0.1, 0.15) is 19.3 Å². The lowest BCUT2D eigenvalue weighted by atomic mass is 10.2. The smallest absolute Gasteiger partial charge is 0.164 e. The van der Waals surface area contributed by atoms with Crippen LogP contribution in [0, 0.1) is 6.92 Å². The largest absolute Gasteiger partial charge is 0.493 e. The Kier molecular flexibility index (Phi) is 7.22. The Bertz CT molecular complexity index is 680. The molecule has 0 amide bonds. The first kappa shape index (κ1) is 19.2. The molecule has 25 heavy (non-hydrogen) atoms. The molecule has 1 N–H and O–H groups in total. The van der Waals surface area contributed by atoms with Crippen LogP contribution in [0.3, 0.4) is 0 Å². The second-order valence-electron chi connectivity index (χ2n) is 5.66. The van der Waals surface area contributed by atoms with Gasteiger partial charge in [0.25, 0.3) is 0 Å². The van der Waals surface area contributed by atoms with E-state index in [1.165, 1.54) is 0 Å². The summed E-state index contributed by atoms with van der Waals surface area (Å²) in [4.78, 5) is 0. The monoisotopic (exact) mass is 365 g/mol. The zero-order valence-corrected chi connectivity index (χ0v) is 15.3. The van der Waals surface area contributed by atoms with E-state index in [0.29, 0.717) is 19.8 Å². The third-order valence-corrected chi connectivity index (χ3v) is 3.86. The van der Waals surface area contributed by atoms with Crippen LogP contribution in [-0.2, 0) is 0 Å². The molecule has 0 aromatic heterocycles. The number of rotatable bonds is 7. The molecule has 0 saturated heterocycles. The van der Waals surface area contributed by atoms with Crippen LogP contribution in [-0.4, -0.2) is 39.5 Å². The normalized spacial score (nSPS) is 15.2. The lowest BCUT2D eigenvalue weighted by Crippen LogP contribution is -2.39. The van der Waals surface area contributed by atoms with Crippen LogP contribution in [0.15, 0.2) is 42.5 Å². The first-order valence-electron chi connectivity index (χ1n) is 8.13. The van der Waals surface area contributed by atoms with E-state index in [2.05, 4.69) is 5.32 Å². The van der Waals surface area contributed by atoms with E-state index in [1.54, 1.807) is 7.11 Å². The lowest BCUT2D eigenvalue weighted by Gasteiger charge is -2.26. The second kappa shape index (κ2) is 9.39. The molecule has 2 aromatic rings. The SMILES string of the molecule is COc1cccc(C)c1OCCNC[C@H]1COc2ccccc2O1.Cl. The van der Waals surface area contributed by atoms with Crippen molar-refractivity contribution in [1.29, 1.82) is 0 Å². The van der Waals surface area contributed by atoms with E-state index in [4.69, 9.17) is 18.9 Å². The number of fused-ring (bicyclic) bond motifs is 1. The van der Waals surface area contributed by atoms with Crippen molar-refractivity contribution in [1.82, 2.24) is 5.32 Å². The number of hydrogen-bond donors (Lipinski definition) is 1. The Balaban J connectivity index is 0.00000225. The molecule has 2 aromatic carbocycles. The van der Waals surface area contributed by atoms with E-state index in [9.17, 15) is 0 Å². The van der Waals surface area contributed by atoms with E-state index < -0.39 is 0 Å². The molecule has 1 aliphatic rings. The molecule has 3 rings (SSSR count). The molecule has 0 fully saturated rings. The van der Waals surface area contributed by atoms with Crippen molar-refractivity contribution in [2.45, 2.75) is 13.0 Å². The third kappa shape index (κ3) is 4.94. The molecule has 0 radical (unpaired) electrons. The molecule has 136 valence electrons. The maximum atomic E-state index is 5.90. The summed E-state index contributed by atoms with van der Waals surface area (Å²) in [5.74, 6) is 3.17. The Morgan fingerprint density at radius 1 is 1.12 bits per heavy atom. The molecular formula is C19H24ClNO4. The molecule has 0 aliphatic carbocycles. The van der Waals surface area contributed by atoms with Crippen LogP contribution in [0.4, 0.5) is 0 Å². The molecule has 6 heteroatoms. The van der Waals surface area contributed by atoms with Crippen molar-refractivity contribution in [2.24, 2.45) is 0 Å². The Labute approximate surface area is 154 Å². The predicted molar refractivity (Wildman–Crippen MR) is 99.7 cm³/mol. The Morgan fingerprint density at radius 3 is 2.72 bits per heavy atom. The number of aryl methyl sites for hydroxylation is 1. The Hall–Kier alpha value is -2.11. The van der Waals surface area contributed by atoms with Crippen molar-refractivity contribution in [3.05, 3.63) is 48.0 Å². The van der Waals surface area contributed by atoms with Gasteiger partial charge in [-0.1, -0.05) is 24.3 Å². The average molecular weight is 366 g/mol. The van der Waals surface area contributed by atoms with E-state index >= 15 is 0 Å². The number of para-hydroxylation sites is 3. The molecule has 1 atom stereocenters. The fourth-order valence-corrected chi connectivity index (χ4v) is 2.62. The van der Waals surface area contributed by atoms with Crippen molar-refractivity contribution in [3.63, 3.8) is 0 Å². The molecule has 0 bridgehead atoms. The van der Waals surface area contributed by atoms with Gasteiger partial charge in [-0.15, -0.1) is 12.4 Å².